The number of halogens is 1. The lowest BCUT2D eigenvalue weighted by atomic mass is 10.1. The first-order chi connectivity index (χ1) is 6.81. The Balaban J connectivity index is 2.23. The molecule has 14 heavy (non-hydrogen) atoms. The van der Waals surface area contributed by atoms with Gasteiger partial charge in [0, 0.05) is 6.54 Å². The highest BCUT2D eigenvalue weighted by molar-refractivity contribution is 6.32. The summed E-state index contributed by atoms with van der Waals surface area (Å²) < 4.78 is 10.5. The van der Waals surface area contributed by atoms with E-state index in [-0.39, 0.29) is 6.10 Å². The van der Waals surface area contributed by atoms with Gasteiger partial charge in [0.2, 0.25) is 0 Å². The molecule has 3 nitrogen and oxygen atoms in total. The maximum absolute atomic E-state index is 6.01. The molecule has 1 aromatic carbocycles. The molecule has 76 valence electrons. The zero-order valence-corrected chi connectivity index (χ0v) is 8.67. The van der Waals surface area contributed by atoms with Crippen molar-refractivity contribution in [3.63, 3.8) is 0 Å². The fourth-order valence-electron chi connectivity index (χ4n) is 1.51. The van der Waals surface area contributed by atoms with E-state index >= 15 is 0 Å². The lowest BCUT2D eigenvalue weighted by molar-refractivity contribution is 0.114. The van der Waals surface area contributed by atoms with E-state index in [1.165, 1.54) is 0 Å². The van der Waals surface area contributed by atoms with Crippen molar-refractivity contribution in [2.75, 3.05) is 20.4 Å². The highest BCUT2D eigenvalue weighted by atomic mass is 35.5. The van der Waals surface area contributed by atoms with Gasteiger partial charge in [-0.05, 0) is 17.7 Å². The van der Waals surface area contributed by atoms with Crippen molar-refractivity contribution >= 4 is 11.6 Å². The predicted molar refractivity (Wildman–Crippen MR) is 54.7 cm³/mol. The van der Waals surface area contributed by atoms with E-state index in [2.05, 4.69) is 5.32 Å². The number of hydrogen-bond donors (Lipinski definition) is 1. The topological polar surface area (TPSA) is 30.5 Å². The van der Waals surface area contributed by atoms with Crippen LogP contribution in [-0.4, -0.2) is 20.4 Å². The number of nitrogens with one attached hydrogen (secondary N) is 1. The fourth-order valence-corrected chi connectivity index (χ4v) is 1.77. The first-order valence-corrected chi connectivity index (χ1v) is 4.85. The summed E-state index contributed by atoms with van der Waals surface area (Å²) >= 11 is 6.01. The Bertz CT molecular complexity index is 324. The smallest absolute Gasteiger partial charge is 0.137 e. The average Bonchev–Trinajstić information content (AvgIpc) is 2.70. The Morgan fingerprint density at radius 3 is 3.00 bits per heavy atom. The van der Waals surface area contributed by atoms with Crippen LogP contribution in [0.15, 0.2) is 18.2 Å². The molecule has 1 aliphatic rings. The summed E-state index contributed by atoms with van der Waals surface area (Å²) in [7, 11) is 1.61. The van der Waals surface area contributed by atoms with Crippen LogP contribution in [0.5, 0.6) is 5.75 Å². The van der Waals surface area contributed by atoms with Gasteiger partial charge in [-0.2, -0.15) is 0 Å². The van der Waals surface area contributed by atoms with Crippen molar-refractivity contribution in [3.05, 3.63) is 28.8 Å². The van der Waals surface area contributed by atoms with E-state index in [1.54, 1.807) is 7.11 Å². The van der Waals surface area contributed by atoms with Crippen molar-refractivity contribution in [2.45, 2.75) is 6.10 Å². The van der Waals surface area contributed by atoms with E-state index in [0.717, 1.165) is 12.1 Å². The molecule has 0 spiro atoms. The molecule has 0 aliphatic carbocycles. The number of rotatable bonds is 2. The Kier molecular flexibility index (Phi) is 2.91. The molecule has 1 N–H and O–H groups in total. The molecule has 0 bridgehead atoms. The first kappa shape index (κ1) is 9.77. The molecule has 0 radical (unpaired) electrons. The summed E-state index contributed by atoms with van der Waals surface area (Å²) in [5, 5.41) is 3.75. The highest BCUT2D eigenvalue weighted by Crippen LogP contribution is 2.29. The van der Waals surface area contributed by atoms with E-state index in [4.69, 9.17) is 21.1 Å². The molecule has 1 unspecified atom stereocenters. The molecule has 4 heteroatoms. The minimum absolute atomic E-state index is 0.110. The predicted octanol–water partition coefficient (Wildman–Crippen LogP) is 1.97. The SMILES string of the molecule is COc1ccc(C2CNCO2)cc1Cl. The molecule has 0 aromatic heterocycles. The van der Waals surface area contributed by atoms with Crippen LogP contribution in [0.3, 0.4) is 0 Å². The molecule has 1 aliphatic heterocycles. The van der Waals surface area contributed by atoms with Crippen LogP contribution >= 0.6 is 11.6 Å². The zero-order valence-electron chi connectivity index (χ0n) is 7.92. The van der Waals surface area contributed by atoms with Gasteiger partial charge in [-0.3, -0.25) is 5.32 Å². The van der Waals surface area contributed by atoms with Gasteiger partial charge in [0.05, 0.1) is 25.0 Å². The third-order valence-electron chi connectivity index (χ3n) is 2.26. The zero-order chi connectivity index (χ0) is 9.97. The minimum Gasteiger partial charge on any atom is -0.495 e. The summed E-state index contributed by atoms with van der Waals surface area (Å²) in [5.74, 6) is 0.696. The van der Waals surface area contributed by atoms with Crippen molar-refractivity contribution in [3.8, 4) is 5.75 Å². The molecule has 1 atom stereocenters. The molecule has 1 fully saturated rings. The summed E-state index contributed by atoms with van der Waals surface area (Å²) in [6, 6.07) is 5.72. The van der Waals surface area contributed by atoms with Crippen LogP contribution in [0.2, 0.25) is 5.02 Å². The van der Waals surface area contributed by atoms with Crippen LogP contribution in [0.4, 0.5) is 0 Å². The van der Waals surface area contributed by atoms with Crippen LogP contribution in [0, 0.1) is 0 Å². The van der Waals surface area contributed by atoms with E-state index < -0.39 is 0 Å². The van der Waals surface area contributed by atoms with Crippen molar-refractivity contribution in [2.24, 2.45) is 0 Å². The molecule has 0 saturated carbocycles. The standard InChI is InChI=1S/C10H12ClNO2/c1-13-9-3-2-7(4-8(9)11)10-5-12-6-14-10/h2-4,10,12H,5-6H2,1H3. The monoisotopic (exact) mass is 213 g/mol. The maximum atomic E-state index is 6.01. The third kappa shape index (κ3) is 1.85. The van der Waals surface area contributed by atoms with E-state index in [9.17, 15) is 0 Å². The largest absolute Gasteiger partial charge is 0.495 e. The number of benzene rings is 1. The van der Waals surface area contributed by atoms with Gasteiger partial charge in [-0.15, -0.1) is 0 Å². The number of hydrogen-bond acceptors (Lipinski definition) is 3. The van der Waals surface area contributed by atoms with Crippen molar-refractivity contribution in [1.29, 1.82) is 0 Å². The van der Waals surface area contributed by atoms with Gasteiger partial charge in [-0.25, -0.2) is 0 Å². The van der Waals surface area contributed by atoms with E-state index in [1.807, 2.05) is 18.2 Å². The lowest BCUT2D eigenvalue weighted by Crippen LogP contribution is -2.07. The van der Waals surface area contributed by atoms with Crippen molar-refractivity contribution < 1.29 is 9.47 Å². The maximum Gasteiger partial charge on any atom is 0.137 e. The van der Waals surface area contributed by atoms with Gasteiger partial charge in [0.1, 0.15) is 5.75 Å². The van der Waals surface area contributed by atoms with E-state index in [0.29, 0.717) is 17.5 Å². The first-order valence-electron chi connectivity index (χ1n) is 4.47. The summed E-state index contributed by atoms with van der Waals surface area (Å²) in [6.45, 7) is 1.44. The molecular weight excluding hydrogens is 202 g/mol. The van der Waals surface area contributed by atoms with Gasteiger partial charge in [0.25, 0.3) is 0 Å². The highest BCUT2D eigenvalue weighted by Gasteiger charge is 2.17. The van der Waals surface area contributed by atoms with Crippen LogP contribution in [-0.2, 0) is 4.74 Å². The quantitative estimate of drug-likeness (QED) is 0.815. The van der Waals surface area contributed by atoms with Crippen LogP contribution in [0.25, 0.3) is 0 Å². The second-order valence-electron chi connectivity index (χ2n) is 3.15. The second kappa shape index (κ2) is 4.17. The Morgan fingerprint density at radius 1 is 1.57 bits per heavy atom. The van der Waals surface area contributed by atoms with Gasteiger partial charge >= 0.3 is 0 Å². The van der Waals surface area contributed by atoms with Crippen molar-refractivity contribution in [1.82, 2.24) is 5.32 Å². The molecule has 0 amide bonds. The Morgan fingerprint density at radius 2 is 2.43 bits per heavy atom. The molecule has 1 heterocycles. The number of ether oxygens (including phenoxy) is 2. The normalized spacial score (nSPS) is 21.1. The summed E-state index contributed by atoms with van der Waals surface area (Å²) in [6.07, 6.45) is 0.110. The number of methoxy groups -OCH3 is 1. The Hall–Kier alpha value is -0.770. The Labute approximate surface area is 88.0 Å². The molecule has 2 rings (SSSR count). The van der Waals surface area contributed by atoms with Crippen LogP contribution < -0.4 is 10.1 Å². The van der Waals surface area contributed by atoms with Gasteiger partial charge in [-0.1, -0.05) is 17.7 Å². The summed E-state index contributed by atoms with van der Waals surface area (Å²) in [5.41, 5.74) is 1.08. The molecule has 1 aromatic rings. The third-order valence-corrected chi connectivity index (χ3v) is 2.56. The molecule has 1 saturated heterocycles. The summed E-state index contributed by atoms with van der Waals surface area (Å²) in [4.78, 5) is 0. The second-order valence-corrected chi connectivity index (χ2v) is 3.55. The average molecular weight is 214 g/mol. The van der Waals surface area contributed by atoms with Crippen LogP contribution in [0.1, 0.15) is 11.7 Å². The minimum atomic E-state index is 0.110. The molecular formula is C10H12ClNO2. The lowest BCUT2D eigenvalue weighted by Gasteiger charge is -2.10. The fraction of sp³-hybridized carbons (Fsp3) is 0.400. The van der Waals surface area contributed by atoms with Gasteiger partial charge in [0.15, 0.2) is 0 Å². The van der Waals surface area contributed by atoms with Gasteiger partial charge < -0.3 is 9.47 Å².